The molecule has 0 aliphatic carbocycles. The van der Waals surface area contributed by atoms with Crippen LogP contribution >= 0.6 is 0 Å². The van der Waals surface area contributed by atoms with E-state index in [1.54, 1.807) is 30.1 Å². The zero-order chi connectivity index (χ0) is 14.3. The number of imide groups is 1. The van der Waals surface area contributed by atoms with Gasteiger partial charge in [-0.2, -0.15) is 0 Å². The van der Waals surface area contributed by atoms with Gasteiger partial charge in [0, 0.05) is 13.6 Å². The Hall–Kier alpha value is -1.92. The zero-order valence-electron chi connectivity index (χ0n) is 11.3. The summed E-state index contributed by atoms with van der Waals surface area (Å²) in [7, 11) is 1.71. The summed E-state index contributed by atoms with van der Waals surface area (Å²) in [5, 5.41) is 0. The fourth-order valence-corrected chi connectivity index (χ4v) is 2.78. The number of carbonyl (C=O) groups is 2. The molecule has 2 aliphatic heterocycles. The van der Waals surface area contributed by atoms with Crippen molar-refractivity contribution < 1.29 is 14.3 Å². The molecular weight excluding hydrogens is 258 g/mol. The Morgan fingerprint density at radius 2 is 2.15 bits per heavy atom. The van der Waals surface area contributed by atoms with Crippen molar-refractivity contribution in [1.29, 1.82) is 0 Å². The van der Waals surface area contributed by atoms with Gasteiger partial charge < -0.3 is 15.4 Å². The molecule has 2 aliphatic rings. The third-order valence-electron chi connectivity index (χ3n) is 3.98. The molecule has 0 bridgehead atoms. The minimum Gasteiger partial charge on any atom is -0.378 e. The average molecular weight is 275 g/mol. The van der Waals surface area contributed by atoms with Gasteiger partial charge in [-0.05, 0) is 17.7 Å². The van der Waals surface area contributed by atoms with Crippen molar-refractivity contribution in [1.82, 2.24) is 4.90 Å². The molecule has 0 aromatic heterocycles. The van der Waals surface area contributed by atoms with E-state index >= 15 is 0 Å². The van der Waals surface area contributed by atoms with E-state index in [1.807, 2.05) is 6.07 Å². The number of likely N-dealkylation sites (N-methyl/N-ethyl adjacent to an activating group) is 1. The summed E-state index contributed by atoms with van der Waals surface area (Å²) in [6, 6.07) is 6.74. The number of ether oxygens (including phenoxy) is 1. The second kappa shape index (κ2) is 4.88. The normalized spacial score (nSPS) is 26.1. The number of nitrogens with zero attached hydrogens (tertiary/aromatic N) is 2. The third-order valence-corrected chi connectivity index (χ3v) is 3.98. The summed E-state index contributed by atoms with van der Waals surface area (Å²) in [5.41, 5.74) is 7.07. The van der Waals surface area contributed by atoms with Gasteiger partial charge in [0.25, 0.3) is 0 Å². The van der Waals surface area contributed by atoms with Crippen molar-refractivity contribution in [2.75, 3.05) is 25.2 Å². The molecule has 2 heterocycles. The number of nitrogens with two attached hydrogens (primary N) is 1. The van der Waals surface area contributed by atoms with E-state index < -0.39 is 0 Å². The number of hydrogen-bond acceptors (Lipinski definition) is 4. The molecule has 6 nitrogen and oxygen atoms in total. The van der Waals surface area contributed by atoms with Gasteiger partial charge in [0.2, 0.25) is 5.91 Å². The lowest BCUT2D eigenvalue weighted by atomic mass is 9.97. The fraction of sp³-hybridized carbons (Fsp3) is 0.429. The molecule has 3 amide bonds. The van der Waals surface area contributed by atoms with Crippen LogP contribution in [0, 0.1) is 5.92 Å². The Labute approximate surface area is 117 Å². The molecular formula is C14H17N3O3. The maximum absolute atomic E-state index is 12.5. The summed E-state index contributed by atoms with van der Waals surface area (Å²) in [6.45, 7) is 1.17. The molecule has 0 spiro atoms. The van der Waals surface area contributed by atoms with Gasteiger partial charge in [-0.15, -0.1) is 0 Å². The average Bonchev–Trinajstić information content (AvgIpc) is 2.95. The summed E-state index contributed by atoms with van der Waals surface area (Å²) in [6.07, 6.45) is 0. The number of amides is 3. The maximum Gasteiger partial charge on any atom is 0.331 e. The van der Waals surface area contributed by atoms with Gasteiger partial charge in [-0.1, -0.05) is 12.1 Å². The lowest BCUT2D eigenvalue weighted by Gasteiger charge is -2.39. The van der Waals surface area contributed by atoms with E-state index in [1.165, 1.54) is 4.90 Å². The first-order valence-electron chi connectivity index (χ1n) is 6.61. The molecule has 2 fully saturated rings. The number of fused-ring (bicyclic) bond motifs is 1. The van der Waals surface area contributed by atoms with Crippen molar-refractivity contribution in [3.63, 3.8) is 0 Å². The first-order valence-corrected chi connectivity index (χ1v) is 6.61. The maximum atomic E-state index is 12.5. The lowest BCUT2D eigenvalue weighted by molar-refractivity contribution is -0.124. The molecule has 2 saturated heterocycles. The van der Waals surface area contributed by atoms with Gasteiger partial charge in [0.1, 0.15) is 0 Å². The summed E-state index contributed by atoms with van der Waals surface area (Å²) < 4.78 is 5.35. The van der Waals surface area contributed by atoms with Crippen molar-refractivity contribution in [2.45, 2.75) is 12.6 Å². The van der Waals surface area contributed by atoms with Crippen molar-refractivity contribution >= 4 is 17.6 Å². The van der Waals surface area contributed by atoms with E-state index in [2.05, 4.69) is 0 Å². The van der Waals surface area contributed by atoms with Crippen LogP contribution in [0.25, 0.3) is 0 Å². The largest absolute Gasteiger partial charge is 0.378 e. The van der Waals surface area contributed by atoms with Gasteiger partial charge >= 0.3 is 6.03 Å². The smallest absolute Gasteiger partial charge is 0.331 e. The Morgan fingerprint density at radius 3 is 2.90 bits per heavy atom. The van der Waals surface area contributed by atoms with E-state index in [4.69, 9.17) is 10.5 Å². The van der Waals surface area contributed by atoms with E-state index in [-0.39, 0.29) is 23.9 Å². The Morgan fingerprint density at radius 1 is 1.35 bits per heavy atom. The van der Waals surface area contributed by atoms with Gasteiger partial charge in [-0.3, -0.25) is 4.79 Å². The molecule has 2 atom stereocenters. The first-order chi connectivity index (χ1) is 9.63. The van der Waals surface area contributed by atoms with Crippen molar-refractivity contribution in [2.24, 2.45) is 11.7 Å². The number of urea groups is 1. The molecule has 3 rings (SSSR count). The van der Waals surface area contributed by atoms with Crippen LogP contribution in [-0.4, -0.2) is 43.1 Å². The van der Waals surface area contributed by atoms with E-state index in [0.717, 1.165) is 5.56 Å². The second-order valence-corrected chi connectivity index (χ2v) is 5.15. The van der Waals surface area contributed by atoms with E-state index in [0.29, 0.717) is 25.4 Å². The van der Waals surface area contributed by atoms with Gasteiger partial charge in [0.15, 0.2) is 0 Å². The Balaban J connectivity index is 1.98. The van der Waals surface area contributed by atoms with Crippen LogP contribution in [-0.2, 0) is 16.1 Å². The molecule has 2 N–H and O–H groups in total. The van der Waals surface area contributed by atoms with Crippen molar-refractivity contribution in [3.05, 3.63) is 29.8 Å². The Kier molecular flexibility index (Phi) is 3.19. The van der Waals surface area contributed by atoms with Crippen LogP contribution in [0.1, 0.15) is 5.56 Å². The summed E-state index contributed by atoms with van der Waals surface area (Å²) in [4.78, 5) is 27.8. The topological polar surface area (TPSA) is 75.9 Å². The molecule has 2 unspecified atom stereocenters. The third kappa shape index (κ3) is 1.88. The lowest BCUT2D eigenvalue weighted by Crippen LogP contribution is -2.60. The zero-order valence-corrected chi connectivity index (χ0v) is 11.3. The van der Waals surface area contributed by atoms with Crippen LogP contribution < -0.4 is 10.6 Å². The Bertz CT molecular complexity index is 560. The first kappa shape index (κ1) is 13.1. The molecule has 106 valence electrons. The van der Waals surface area contributed by atoms with Gasteiger partial charge in [-0.25, -0.2) is 9.69 Å². The summed E-state index contributed by atoms with van der Waals surface area (Å²) >= 11 is 0. The number of hydrogen-bond donors (Lipinski definition) is 1. The summed E-state index contributed by atoms with van der Waals surface area (Å²) in [5.74, 6) is -0.469. The highest BCUT2D eigenvalue weighted by atomic mass is 16.5. The molecule has 1 aromatic rings. The highest BCUT2D eigenvalue weighted by Gasteiger charge is 2.48. The standard InChI is InChI=1S/C14H17N3O3/c1-16-12-8-20-7-11(12)13(18)17(14(16)19)10-4-2-3-9(5-10)6-15/h2-5,11-12H,6-8,15H2,1H3. The monoisotopic (exact) mass is 275 g/mol. The second-order valence-electron chi connectivity index (χ2n) is 5.15. The highest BCUT2D eigenvalue weighted by Crippen LogP contribution is 2.30. The predicted octanol–water partition coefficient (Wildman–Crippen LogP) is 0.559. The number of anilines is 1. The molecule has 1 aromatic carbocycles. The molecule has 6 heteroatoms. The number of benzene rings is 1. The number of carbonyl (C=O) groups excluding carboxylic acids is 2. The quantitative estimate of drug-likeness (QED) is 0.855. The minimum absolute atomic E-state index is 0.149. The fourth-order valence-electron chi connectivity index (χ4n) is 2.78. The van der Waals surface area contributed by atoms with Crippen molar-refractivity contribution in [3.8, 4) is 0 Å². The predicted molar refractivity (Wildman–Crippen MR) is 73.1 cm³/mol. The van der Waals surface area contributed by atoms with E-state index in [9.17, 15) is 9.59 Å². The van der Waals surface area contributed by atoms with Gasteiger partial charge in [0.05, 0.1) is 30.9 Å². The SMILES string of the molecule is CN1C(=O)N(c2cccc(CN)c2)C(=O)C2COCC21. The number of rotatable bonds is 2. The highest BCUT2D eigenvalue weighted by molar-refractivity contribution is 6.17. The molecule has 20 heavy (non-hydrogen) atoms. The van der Waals surface area contributed by atoms with Crippen LogP contribution in [0.15, 0.2) is 24.3 Å². The van der Waals surface area contributed by atoms with Crippen LogP contribution in [0.5, 0.6) is 0 Å². The van der Waals surface area contributed by atoms with Crippen LogP contribution in [0.4, 0.5) is 10.5 Å². The molecule has 0 saturated carbocycles. The minimum atomic E-state index is -0.309. The van der Waals surface area contributed by atoms with Crippen LogP contribution in [0.3, 0.4) is 0 Å². The van der Waals surface area contributed by atoms with Crippen LogP contribution in [0.2, 0.25) is 0 Å². The molecule has 0 radical (unpaired) electrons.